The van der Waals surface area contributed by atoms with Crippen LogP contribution in [0.4, 0.5) is 0 Å². The van der Waals surface area contributed by atoms with E-state index in [4.69, 9.17) is 4.74 Å². The van der Waals surface area contributed by atoms with Gasteiger partial charge < -0.3 is 15.2 Å². The summed E-state index contributed by atoms with van der Waals surface area (Å²) in [6, 6.07) is 4.44. The number of aromatic hydroxyl groups is 1. The molecule has 19 heavy (non-hydrogen) atoms. The van der Waals surface area contributed by atoms with Gasteiger partial charge in [0.15, 0.2) is 11.5 Å². The molecule has 0 amide bonds. The highest BCUT2D eigenvalue weighted by atomic mass is 79.9. The van der Waals surface area contributed by atoms with Crippen molar-refractivity contribution in [3.05, 3.63) is 22.2 Å². The Bertz CT molecular complexity index is 436. The molecule has 4 heteroatoms. The minimum absolute atomic E-state index is 0.164. The molecular formula is C15H22BrNO2. The van der Waals surface area contributed by atoms with Crippen LogP contribution in [0.15, 0.2) is 16.6 Å². The second kappa shape index (κ2) is 6.62. The van der Waals surface area contributed by atoms with Gasteiger partial charge in [-0.15, -0.1) is 0 Å². The highest BCUT2D eigenvalue weighted by molar-refractivity contribution is 9.10. The van der Waals surface area contributed by atoms with E-state index in [0.29, 0.717) is 16.3 Å². The third-order valence-corrected chi connectivity index (χ3v) is 4.44. The van der Waals surface area contributed by atoms with Gasteiger partial charge in [-0.05, 0) is 52.4 Å². The fraction of sp³-hybridized carbons (Fsp3) is 0.600. The Balaban J connectivity index is 1.97. The van der Waals surface area contributed by atoms with Crippen molar-refractivity contribution in [1.82, 2.24) is 5.32 Å². The summed E-state index contributed by atoms with van der Waals surface area (Å²) in [6.07, 6.45) is 5.20. The minimum atomic E-state index is 0.164. The summed E-state index contributed by atoms with van der Waals surface area (Å²) in [4.78, 5) is 0. The number of phenolic OH excluding ortho intramolecular Hbond substituents is 1. The fourth-order valence-electron chi connectivity index (χ4n) is 2.77. The van der Waals surface area contributed by atoms with Crippen molar-refractivity contribution in [2.45, 2.75) is 45.2 Å². The molecule has 2 atom stereocenters. The maximum Gasteiger partial charge on any atom is 0.172 e. The van der Waals surface area contributed by atoms with Crippen LogP contribution in [0.5, 0.6) is 11.5 Å². The van der Waals surface area contributed by atoms with E-state index < -0.39 is 0 Å². The molecule has 3 nitrogen and oxygen atoms in total. The third kappa shape index (κ3) is 3.86. The predicted octanol–water partition coefficient (Wildman–Crippen LogP) is 3.83. The van der Waals surface area contributed by atoms with Gasteiger partial charge >= 0.3 is 0 Å². The number of methoxy groups -OCH3 is 1. The number of hydrogen-bond acceptors (Lipinski definition) is 3. The average Bonchev–Trinajstić information content (AvgIpc) is 2.40. The molecule has 0 spiro atoms. The zero-order valence-corrected chi connectivity index (χ0v) is 13.2. The van der Waals surface area contributed by atoms with Gasteiger partial charge in [-0.3, -0.25) is 0 Å². The minimum Gasteiger partial charge on any atom is -0.503 e. The average molecular weight is 328 g/mol. The molecule has 0 heterocycles. The van der Waals surface area contributed by atoms with Gasteiger partial charge in [0, 0.05) is 12.6 Å². The topological polar surface area (TPSA) is 41.5 Å². The molecule has 1 fully saturated rings. The van der Waals surface area contributed by atoms with E-state index in [-0.39, 0.29) is 5.75 Å². The summed E-state index contributed by atoms with van der Waals surface area (Å²) in [7, 11) is 1.57. The first-order valence-electron chi connectivity index (χ1n) is 6.89. The van der Waals surface area contributed by atoms with Gasteiger partial charge in [0.05, 0.1) is 11.6 Å². The lowest BCUT2D eigenvalue weighted by atomic mass is 9.87. The maximum absolute atomic E-state index is 9.78. The van der Waals surface area contributed by atoms with Crippen molar-refractivity contribution >= 4 is 15.9 Å². The van der Waals surface area contributed by atoms with Crippen molar-refractivity contribution in [1.29, 1.82) is 0 Å². The van der Waals surface area contributed by atoms with Gasteiger partial charge in [0.2, 0.25) is 0 Å². The standard InChI is InChI=1S/C15H22BrNO2/c1-10-4-3-5-12(6-10)17-9-11-7-13(16)15(18)14(8-11)19-2/h7-8,10,12,17-18H,3-6,9H2,1-2H3. The molecule has 1 aromatic rings. The van der Waals surface area contributed by atoms with E-state index in [1.165, 1.54) is 25.7 Å². The van der Waals surface area contributed by atoms with Crippen molar-refractivity contribution in [2.24, 2.45) is 5.92 Å². The molecule has 0 bridgehead atoms. The zero-order chi connectivity index (χ0) is 13.8. The molecule has 1 aliphatic carbocycles. The Morgan fingerprint density at radius 2 is 2.21 bits per heavy atom. The fourth-order valence-corrected chi connectivity index (χ4v) is 3.26. The molecule has 1 saturated carbocycles. The van der Waals surface area contributed by atoms with E-state index in [0.717, 1.165) is 18.0 Å². The van der Waals surface area contributed by atoms with Crippen LogP contribution >= 0.6 is 15.9 Å². The Hall–Kier alpha value is -0.740. The summed E-state index contributed by atoms with van der Waals surface area (Å²) < 4.78 is 5.85. The second-order valence-corrected chi connectivity index (χ2v) is 6.33. The molecule has 0 aliphatic heterocycles. The van der Waals surface area contributed by atoms with E-state index >= 15 is 0 Å². The van der Waals surface area contributed by atoms with E-state index in [9.17, 15) is 5.11 Å². The largest absolute Gasteiger partial charge is 0.503 e. The van der Waals surface area contributed by atoms with Crippen molar-refractivity contribution in [3.8, 4) is 11.5 Å². The molecule has 2 unspecified atom stereocenters. The van der Waals surface area contributed by atoms with Gasteiger partial charge in [0.1, 0.15) is 0 Å². The van der Waals surface area contributed by atoms with Crippen molar-refractivity contribution in [3.63, 3.8) is 0 Å². The van der Waals surface area contributed by atoms with E-state index in [2.05, 4.69) is 28.2 Å². The Morgan fingerprint density at radius 1 is 1.42 bits per heavy atom. The number of benzene rings is 1. The van der Waals surface area contributed by atoms with Crippen LogP contribution in [0.2, 0.25) is 0 Å². The first-order valence-corrected chi connectivity index (χ1v) is 7.68. The molecule has 106 valence electrons. The smallest absolute Gasteiger partial charge is 0.172 e. The quantitative estimate of drug-likeness (QED) is 0.883. The number of phenols is 1. The zero-order valence-electron chi connectivity index (χ0n) is 11.6. The van der Waals surface area contributed by atoms with Gasteiger partial charge in [-0.2, -0.15) is 0 Å². The Morgan fingerprint density at radius 3 is 2.89 bits per heavy atom. The molecule has 1 aliphatic rings. The predicted molar refractivity (Wildman–Crippen MR) is 80.6 cm³/mol. The highest BCUT2D eigenvalue weighted by Crippen LogP contribution is 2.35. The van der Waals surface area contributed by atoms with Crippen LogP contribution in [0.1, 0.15) is 38.2 Å². The molecular weight excluding hydrogens is 306 g/mol. The van der Waals surface area contributed by atoms with Crippen molar-refractivity contribution in [2.75, 3.05) is 7.11 Å². The molecule has 0 aromatic heterocycles. The number of hydrogen-bond donors (Lipinski definition) is 2. The summed E-state index contributed by atoms with van der Waals surface area (Å²) in [5.41, 5.74) is 1.12. The van der Waals surface area contributed by atoms with Crippen LogP contribution in [0.3, 0.4) is 0 Å². The highest BCUT2D eigenvalue weighted by Gasteiger charge is 2.18. The lowest BCUT2D eigenvalue weighted by Gasteiger charge is -2.27. The molecule has 2 rings (SSSR count). The van der Waals surface area contributed by atoms with Crippen LogP contribution in [-0.4, -0.2) is 18.3 Å². The Kier molecular flexibility index (Phi) is 5.11. The lowest BCUT2D eigenvalue weighted by molar-refractivity contribution is 0.300. The molecule has 2 N–H and O–H groups in total. The van der Waals surface area contributed by atoms with E-state index in [1.54, 1.807) is 7.11 Å². The maximum atomic E-state index is 9.78. The van der Waals surface area contributed by atoms with Gasteiger partial charge in [-0.1, -0.05) is 19.8 Å². The number of nitrogens with one attached hydrogen (secondary N) is 1. The molecule has 0 saturated heterocycles. The number of ether oxygens (including phenoxy) is 1. The monoisotopic (exact) mass is 327 g/mol. The van der Waals surface area contributed by atoms with Gasteiger partial charge in [-0.25, -0.2) is 0 Å². The Labute approximate surface area is 123 Å². The van der Waals surface area contributed by atoms with Crippen molar-refractivity contribution < 1.29 is 9.84 Å². The number of halogens is 1. The first kappa shape index (κ1) is 14.7. The van der Waals surface area contributed by atoms with Crippen LogP contribution in [-0.2, 0) is 6.54 Å². The van der Waals surface area contributed by atoms with Crippen LogP contribution in [0.25, 0.3) is 0 Å². The third-order valence-electron chi connectivity index (χ3n) is 3.84. The summed E-state index contributed by atoms with van der Waals surface area (Å²) >= 11 is 3.36. The summed E-state index contributed by atoms with van der Waals surface area (Å²) in [5, 5.41) is 13.4. The van der Waals surface area contributed by atoms with Gasteiger partial charge in [0.25, 0.3) is 0 Å². The number of rotatable bonds is 4. The lowest BCUT2D eigenvalue weighted by Crippen LogP contribution is -2.33. The van der Waals surface area contributed by atoms with E-state index in [1.807, 2.05) is 12.1 Å². The SMILES string of the molecule is COc1cc(CNC2CCCC(C)C2)cc(Br)c1O. The first-order chi connectivity index (χ1) is 9.10. The van der Waals surface area contributed by atoms with Crippen LogP contribution in [0, 0.1) is 5.92 Å². The summed E-state index contributed by atoms with van der Waals surface area (Å²) in [5.74, 6) is 1.51. The molecule has 1 aromatic carbocycles. The summed E-state index contributed by atoms with van der Waals surface area (Å²) in [6.45, 7) is 3.14. The second-order valence-electron chi connectivity index (χ2n) is 5.48. The van der Waals surface area contributed by atoms with Crippen LogP contribution < -0.4 is 10.1 Å². The normalized spacial score (nSPS) is 23.3. The molecule has 0 radical (unpaired) electrons.